The number of halogens is 1. The Morgan fingerprint density at radius 1 is 0.919 bits per heavy atom. The van der Waals surface area contributed by atoms with Gasteiger partial charge in [0.15, 0.2) is 5.75 Å². The summed E-state index contributed by atoms with van der Waals surface area (Å²) in [5, 5.41) is 5.86. The van der Waals surface area contributed by atoms with E-state index in [0.717, 1.165) is 40.9 Å². The second-order valence-electron chi connectivity index (χ2n) is 10.7. The molecule has 0 heterocycles. The Hall–Kier alpha value is -3.08. The SMILES string of the molecule is C=Cc1c(/C=[Si](/CC)c2cc(F)cc([C@@H](C)CCC)c2O[N+](C)(C)C)c2ccccc2c2ccccc12. The van der Waals surface area contributed by atoms with Gasteiger partial charge in [0.25, 0.3) is 0 Å². The zero-order valence-corrected chi connectivity index (χ0v) is 24.1. The molecule has 0 radical (unpaired) electrons. The van der Waals surface area contributed by atoms with Gasteiger partial charge in [-0.05, 0) is 63.2 Å². The van der Waals surface area contributed by atoms with E-state index in [1.165, 1.54) is 27.1 Å². The molecule has 0 N–H and O–H groups in total. The first-order chi connectivity index (χ1) is 17.7. The molecule has 0 aromatic heterocycles. The molecular formula is C33H39FNOSi+. The molecule has 4 aromatic rings. The van der Waals surface area contributed by atoms with E-state index in [-0.39, 0.29) is 11.7 Å². The van der Waals surface area contributed by atoms with Gasteiger partial charge < -0.3 is 4.84 Å². The quantitative estimate of drug-likeness (QED) is 0.0961. The Morgan fingerprint density at radius 3 is 2.00 bits per heavy atom. The van der Waals surface area contributed by atoms with Crippen molar-refractivity contribution in [3.8, 4) is 5.75 Å². The lowest BCUT2D eigenvalue weighted by Gasteiger charge is -2.27. The maximum Gasteiger partial charge on any atom is 0.196 e. The minimum atomic E-state index is -1.35. The summed E-state index contributed by atoms with van der Waals surface area (Å²) < 4.78 is 15.5. The third-order valence-corrected chi connectivity index (χ3v) is 9.43. The van der Waals surface area contributed by atoms with Gasteiger partial charge >= 0.3 is 0 Å². The maximum absolute atomic E-state index is 15.2. The molecule has 0 saturated heterocycles. The fourth-order valence-electron chi connectivity index (χ4n) is 5.30. The Labute approximate surface area is 222 Å². The first-order valence-corrected chi connectivity index (χ1v) is 15.1. The van der Waals surface area contributed by atoms with E-state index in [4.69, 9.17) is 4.84 Å². The fourth-order valence-corrected chi connectivity index (χ4v) is 7.50. The molecule has 0 aliphatic rings. The van der Waals surface area contributed by atoms with E-state index < -0.39 is 8.41 Å². The minimum absolute atomic E-state index is 0.182. The van der Waals surface area contributed by atoms with Crippen LogP contribution in [0.3, 0.4) is 0 Å². The van der Waals surface area contributed by atoms with Crippen LogP contribution in [0.25, 0.3) is 27.6 Å². The molecule has 0 unspecified atom stereocenters. The molecule has 4 rings (SSSR count). The summed E-state index contributed by atoms with van der Waals surface area (Å²) in [6.07, 6.45) is 4.00. The van der Waals surface area contributed by atoms with Crippen LogP contribution in [-0.4, -0.2) is 39.9 Å². The predicted octanol–water partition coefficient (Wildman–Crippen LogP) is 7.83. The monoisotopic (exact) mass is 512 g/mol. The van der Waals surface area contributed by atoms with Crippen molar-refractivity contribution in [1.29, 1.82) is 0 Å². The Kier molecular flexibility index (Phi) is 8.10. The average Bonchev–Trinajstić information content (AvgIpc) is 2.87. The Bertz CT molecular complexity index is 1480. The summed E-state index contributed by atoms with van der Waals surface area (Å²) in [5.41, 5.74) is 5.70. The van der Waals surface area contributed by atoms with Crippen LogP contribution in [0, 0.1) is 5.82 Å². The molecule has 0 aliphatic carbocycles. The molecule has 4 heteroatoms. The molecule has 0 aliphatic heterocycles. The number of nitrogens with zero attached hydrogens (tertiary/aromatic N) is 1. The number of hydrogen-bond donors (Lipinski definition) is 0. The summed E-state index contributed by atoms with van der Waals surface area (Å²) in [4.78, 5) is 6.58. The van der Waals surface area contributed by atoms with Crippen LogP contribution in [0.5, 0.6) is 5.75 Å². The molecule has 0 spiro atoms. The first kappa shape index (κ1) is 27.0. The Morgan fingerprint density at radius 2 is 1.49 bits per heavy atom. The van der Waals surface area contributed by atoms with Crippen molar-refractivity contribution in [2.24, 2.45) is 0 Å². The number of hydrogen-bond acceptors (Lipinski definition) is 1. The zero-order chi connectivity index (χ0) is 26.7. The van der Waals surface area contributed by atoms with Gasteiger partial charge in [-0.3, -0.25) is 0 Å². The second-order valence-corrected chi connectivity index (χ2v) is 13.3. The molecule has 37 heavy (non-hydrogen) atoms. The fraction of sp³-hybridized carbons (Fsp3) is 0.303. The average molecular weight is 513 g/mol. The molecular weight excluding hydrogens is 473 g/mol. The molecule has 192 valence electrons. The lowest BCUT2D eigenvalue weighted by Crippen LogP contribution is -2.41. The van der Waals surface area contributed by atoms with Crippen LogP contribution in [0.15, 0.2) is 67.2 Å². The smallest absolute Gasteiger partial charge is 0.196 e. The van der Waals surface area contributed by atoms with Crippen molar-refractivity contribution < 1.29 is 13.9 Å². The van der Waals surface area contributed by atoms with Gasteiger partial charge in [-0.25, -0.2) is 4.39 Å². The highest BCUT2D eigenvalue weighted by molar-refractivity contribution is 6.81. The van der Waals surface area contributed by atoms with Gasteiger partial charge in [0.1, 0.15) is 27.0 Å². The van der Waals surface area contributed by atoms with Crippen molar-refractivity contribution in [1.82, 2.24) is 0 Å². The van der Waals surface area contributed by atoms with E-state index in [1.54, 1.807) is 12.1 Å². The molecule has 4 aromatic carbocycles. The van der Waals surface area contributed by atoms with Gasteiger partial charge in [-0.1, -0.05) is 94.0 Å². The van der Waals surface area contributed by atoms with Crippen molar-refractivity contribution >= 4 is 46.9 Å². The van der Waals surface area contributed by atoms with Crippen molar-refractivity contribution in [3.63, 3.8) is 0 Å². The summed E-state index contributed by atoms with van der Waals surface area (Å²) in [6.45, 7) is 10.8. The van der Waals surface area contributed by atoms with E-state index in [2.05, 4.69) is 81.6 Å². The van der Waals surface area contributed by atoms with Gasteiger partial charge in [-0.15, -0.1) is 4.65 Å². The molecule has 0 amide bonds. The number of benzene rings is 4. The van der Waals surface area contributed by atoms with E-state index >= 15 is 4.39 Å². The second kappa shape index (κ2) is 11.1. The van der Waals surface area contributed by atoms with Gasteiger partial charge in [0.2, 0.25) is 0 Å². The molecule has 0 fully saturated rings. The topological polar surface area (TPSA) is 9.23 Å². The number of quaternary nitrogens is 1. The number of rotatable bonds is 9. The Balaban J connectivity index is 2.06. The van der Waals surface area contributed by atoms with Crippen molar-refractivity contribution in [2.45, 2.75) is 45.6 Å². The molecule has 0 bridgehead atoms. The van der Waals surface area contributed by atoms with Gasteiger partial charge in [-0.2, -0.15) is 0 Å². The third kappa shape index (κ3) is 5.61. The summed E-state index contributed by atoms with van der Waals surface area (Å²) >= 11 is 0. The number of fused-ring (bicyclic) bond motifs is 3. The lowest BCUT2D eigenvalue weighted by atomic mass is 9.92. The molecule has 1 atom stereocenters. The minimum Gasteiger partial charge on any atom is -0.316 e. The van der Waals surface area contributed by atoms with Crippen LogP contribution < -0.4 is 10.0 Å². The first-order valence-electron chi connectivity index (χ1n) is 13.3. The largest absolute Gasteiger partial charge is 0.316 e. The lowest BCUT2D eigenvalue weighted by molar-refractivity contribution is -1.03. The van der Waals surface area contributed by atoms with E-state index in [9.17, 15) is 0 Å². The predicted molar refractivity (Wildman–Crippen MR) is 161 cm³/mol. The highest BCUT2D eigenvalue weighted by atomic mass is 28.2. The maximum atomic E-state index is 15.2. The molecule has 2 nitrogen and oxygen atoms in total. The van der Waals surface area contributed by atoms with Crippen molar-refractivity contribution in [3.05, 3.63) is 89.8 Å². The van der Waals surface area contributed by atoms with E-state index in [0.29, 0.717) is 4.65 Å². The summed E-state index contributed by atoms with van der Waals surface area (Å²) in [7, 11) is 4.69. The number of hydroxylamine groups is 3. The van der Waals surface area contributed by atoms with Crippen LogP contribution >= 0.6 is 0 Å². The van der Waals surface area contributed by atoms with Crippen LogP contribution in [-0.2, 0) is 0 Å². The van der Waals surface area contributed by atoms with Crippen LogP contribution in [0.2, 0.25) is 6.04 Å². The summed E-state index contributed by atoms with van der Waals surface area (Å²) in [5.74, 6) is 0.886. The van der Waals surface area contributed by atoms with Crippen LogP contribution in [0.4, 0.5) is 4.39 Å². The van der Waals surface area contributed by atoms with Crippen molar-refractivity contribution in [2.75, 3.05) is 21.1 Å². The summed E-state index contributed by atoms with van der Waals surface area (Å²) in [6, 6.07) is 21.4. The van der Waals surface area contributed by atoms with Crippen LogP contribution in [0.1, 0.15) is 56.2 Å². The van der Waals surface area contributed by atoms with E-state index in [1.807, 2.05) is 27.2 Å². The highest BCUT2D eigenvalue weighted by Gasteiger charge is 2.25. The molecule has 0 saturated carbocycles. The zero-order valence-electron chi connectivity index (χ0n) is 23.1. The highest BCUT2D eigenvalue weighted by Crippen LogP contribution is 2.34. The third-order valence-electron chi connectivity index (χ3n) is 6.96. The normalized spacial score (nSPS) is 13.2. The van der Waals surface area contributed by atoms with Gasteiger partial charge in [0.05, 0.1) is 8.41 Å². The standard InChI is InChI=1S/C33H39FNOSi/c1-8-15-23(4)30-20-24(34)21-32(33(30)36-35(5,6)7)37(10-3)22-31-25(9-2)26-16-11-12-17-27(26)28-18-13-14-19-29(28)31/h9,11-14,16-23H,2,8,10,15H2,1,3-7H3/q+1/b37-22-/t23-/m0/s1. The van der Waals surface area contributed by atoms with Gasteiger partial charge in [0, 0.05) is 10.8 Å².